The van der Waals surface area contributed by atoms with E-state index in [9.17, 15) is 0 Å². The lowest BCUT2D eigenvalue weighted by Gasteiger charge is -2.22. The summed E-state index contributed by atoms with van der Waals surface area (Å²) in [5.74, 6) is 0.271. The van der Waals surface area contributed by atoms with Gasteiger partial charge in [0.05, 0.1) is 6.10 Å². The number of nitrogens with zero attached hydrogens (tertiary/aromatic N) is 1. The molecule has 3 N–H and O–H groups in total. The van der Waals surface area contributed by atoms with Gasteiger partial charge in [0.15, 0.2) is 0 Å². The molecule has 3 unspecified atom stereocenters. The van der Waals surface area contributed by atoms with Crippen LogP contribution in [0, 0.1) is 0 Å². The van der Waals surface area contributed by atoms with Gasteiger partial charge in [-0.2, -0.15) is 0 Å². The van der Waals surface area contributed by atoms with Crippen LogP contribution in [-0.4, -0.2) is 29.0 Å². The normalized spacial score (nSPS) is 25.4. The van der Waals surface area contributed by atoms with Crippen molar-refractivity contribution in [1.29, 1.82) is 0 Å². The first-order valence-corrected chi connectivity index (χ1v) is 7.43. The van der Waals surface area contributed by atoms with Crippen LogP contribution in [0.25, 0.3) is 0 Å². The summed E-state index contributed by atoms with van der Waals surface area (Å²) in [4.78, 5) is 0. The number of hydrogen-bond donors (Lipinski definition) is 2. The molecule has 1 aromatic carbocycles. The average Bonchev–Trinajstić information content (AvgIpc) is 2.84. The first kappa shape index (κ1) is 14.2. The van der Waals surface area contributed by atoms with Crippen LogP contribution in [0.5, 0.6) is 0 Å². The number of oxime groups is 1. The first-order valence-electron chi connectivity index (χ1n) is 6.49. The lowest BCUT2D eigenvalue weighted by atomic mass is 10.1. The second-order valence-corrected chi connectivity index (χ2v) is 6.18. The highest BCUT2D eigenvalue weighted by Gasteiger charge is 2.28. The van der Waals surface area contributed by atoms with E-state index in [1.54, 1.807) is 0 Å². The Morgan fingerprint density at radius 2 is 2.26 bits per heavy atom. The van der Waals surface area contributed by atoms with E-state index in [0.717, 1.165) is 13.0 Å². The van der Waals surface area contributed by atoms with E-state index in [-0.39, 0.29) is 17.2 Å². The van der Waals surface area contributed by atoms with Gasteiger partial charge in [-0.15, -0.1) is 11.8 Å². The Bertz CT molecular complexity index is 425. The maximum atomic E-state index is 8.77. The third-order valence-corrected chi connectivity index (χ3v) is 5.08. The van der Waals surface area contributed by atoms with Crippen molar-refractivity contribution in [2.45, 2.75) is 36.4 Å². The summed E-state index contributed by atoms with van der Waals surface area (Å²) in [6.07, 6.45) is 1.88. The molecule has 1 aliphatic rings. The van der Waals surface area contributed by atoms with Crippen LogP contribution in [-0.2, 0) is 4.74 Å². The van der Waals surface area contributed by atoms with Crippen molar-refractivity contribution < 1.29 is 9.94 Å². The Kier molecular flexibility index (Phi) is 5.10. The molecular formula is C14H20N2O2S. The predicted octanol–water partition coefficient (Wildman–Crippen LogP) is 2.77. The van der Waals surface area contributed by atoms with Crippen molar-refractivity contribution in [3.05, 3.63) is 35.9 Å². The molecule has 19 heavy (non-hydrogen) atoms. The molecule has 3 atom stereocenters. The number of nitrogens with two attached hydrogens (primary N) is 1. The Labute approximate surface area is 118 Å². The topological polar surface area (TPSA) is 67.8 Å². The van der Waals surface area contributed by atoms with E-state index in [0.29, 0.717) is 11.7 Å². The second-order valence-electron chi connectivity index (χ2n) is 4.73. The van der Waals surface area contributed by atoms with E-state index in [2.05, 4.69) is 24.2 Å². The van der Waals surface area contributed by atoms with Crippen molar-refractivity contribution in [2.24, 2.45) is 10.9 Å². The highest BCUT2D eigenvalue weighted by atomic mass is 32.2. The van der Waals surface area contributed by atoms with Crippen LogP contribution in [0.15, 0.2) is 35.5 Å². The highest BCUT2D eigenvalue weighted by molar-refractivity contribution is 8.00. The van der Waals surface area contributed by atoms with Gasteiger partial charge in [-0.3, -0.25) is 0 Å². The maximum absolute atomic E-state index is 8.77. The minimum absolute atomic E-state index is 0.200. The quantitative estimate of drug-likeness (QED) is 0.377. The van der Waals surface area contributed by atoms with Crippen molar-refractivity contribution in [1.82, 2.24) is 0 Å². The summed E-state index contributed by atoms with van der Waals surface area (Å²) >= 11 is 1.86. The smallest absolute Gasteiger partial charge is 0.140 e. The average molecular weight is 280 g/mol. The number of amidine groups is 1. The summed E-state index contributed by atoms with van der Waals surface area (Å²) in [5.41, 5.74) is 6.88. The van der Waals surface area contributed by atoms with Crippen molar-refractivity contribution >= 4 is 17.6 Å². The largest absolute Gasteiger partial charge is 0.409 e. The molecule has 0 saturated carbocycles. The Hall–Kier alpha value is -1.20. The zero-order chi connectivity index (χ0) is 13.7. The maximum Gasteiger partial charge on any atom is 0.140 e. The zero-order valence-electron chi connectivity index (χ0n) is 11.0. The molecule has 4 nitrogen and oxygen atoms in total. The van der Waals surface area contributed by atoms with Crippen molar-refractivity contribution in [3.8, 4) is 0 Å². The summed E-state index contributed by atoms with van der Waals surface area (Å²) in [6.45, 7) is 2.93. The van der Waals surface area contributed by atoms with Crippen LogP contribution in [0.2, 0.25) is 0 Å². The lowest BCUT2D eigenvalue weighted by molar-refractivity contribution is 0.127. The number of rotatable bonds is 5. The van der Waals surface area contributed by atoms with Crippen molar-refractivity contribution in [3.63, 3.8) is 0 Å². The van der Waals surface area contributed by atoms with E-state index < -0.39 is 0 Å². The molecule has 104 valence electrons. The van der Waals surface area contributed by atoms with Crippen LogP contribution in [0.3, 0.4) is 0 Å². The molecule has 1 fully saturated rings. The molecule has 0 bridgehead atoms. The van der Waals surface area contributed by atoms with Gasteiger partial charge in [0, 0.05) is 23.5 Å². The summed E-state index contributed by atoms with van der Waals surface area (Å²) in [6, 6.07) is 10.2. The molecule has 2 rings (SSSR count). The number of thioether (sulfide) groups is 1. The third-order valence-electron chi connectivity index (χ3n) is 3.34. The standard InChI is InChI=1S/C14H20N2O2S/c1-10-12(7-8-18-10)19-13(9-14(15)16-17)11-5-3-2-4-6-11/h2-6,10,12-13,17H,7-9H2,1H3,(H2,15,16). The molecule has 0 radical (unpaired) electrons. The molecule has 0 aromatic heterocycles. The molecule has 0 aliphatic carbocycles. The number of hydrogen-bond acceptors (Lipinski definition) is 4. The third kappa shape index (κ3) is 3.88. The van der Waals surface area contributed by atoms with Crippen LogP contribution >= 0.6 is 11.8 Å². The van der Waals surface area contributed by atoms with Crippen LogP contribution in [0.1, 0.15) is 30.6 Å². The molecule has 0 spiro atoms. The summed E-state index contributed by atoms with van der Waals surface area (Å²) < 4.78 is 5.60. The van der Waals surface area contributed by atoms with E-state index in [1.165, 1.54) is 5.56 Å². The molecule has 1 saturated heterocycles. The van der Waals surface area contributed by atoms with E-state index in [1.807, 2.05) is 30.0 Å². The minimum atomic E-state index is 0.200. The van der Waals surface area contributed by atoms with Crippen LogP contribution in [0.4, 0.5) is 0 Å². The van der Waals surface area contributed by atoms with Gasteiger partial charge in [0.2, 0.25) is 0 Å². The fraction of sp³-hybridized carbons (Fsp3) is 0.500. The Morgan fingerprint density at radius 3 is 2.84 bits per heavy atom. The van der Waals surface area contributed by atoms with Crippen LogP contribution < -0.4 is 5.73 Å². The monoisotopic (exact) mass is 280 g/mol. The van der Waals surface area contributed by atoms with Gasteiger partial charge in [0.1, 0.15) is 5.84 Å². The molecule has 1 aliphatic heterocycles. The molecule has 1 heterocycles. The van der Waals surface area contributed by atoms with Gasteiger partial charge in [0.25, 0.3) is 0 Å². The van der Waals surface area contributed by atoms with Gasteiger partial charge < -0.3 is 15.7 Å². The molecule has 5 heteroatoms. The fourth-order valence-electron chi connectivity index (χ4n) is 2.24. The first-order chi connectivity index (χ1) is 9.20. The molecule has 0 amide bonds. The van der Waals surface area contributed by atoms with E-state index >= 15 is 0 Å². The van der Waals surface area contributed by atoms with Gasteiger partial charge >= 0.3 is 0 Å². The minimum Gasteiger partial charge on any atom is -0.409 e. The Balaban J connectivity index is 2.10. The van der Waals surface area contributed by atoms with Gasteiger partial charge in [-0.25, -0.2) is 0 Å². The molecule has 1 aromatic rings. The SMILES string of the molecule is CC1OCCC1SC(C/C(N)=N/O)c1ccccc1. The lowest BCUT2D eigenvalue weighted by Crippen LogP contribution is -2.19. The number of benzene rings is 1. The predicted molar refractivity (Wildman–Crippen MR) is 78.6 cm³/mol. The summed E-state index contributed by atoms with van der Waals surface area (Å²) in [5, 5.41) is 12.5. The fourth-order valence-corrected chi connectivity index (χ4v) is 3.78. The number of ether oxygens (including phenoxy) is 1. The van der Waals surface area contributed by atoms with Crippen molar-refractivity contribution in [2.75, 3.05) is 6.61 Å². The Morgan fingerprint density at radius 1 is 1.53 bits per heavy atom. The van der Waals surface area contributed by atoms with Gasteiger partial charge in [-0.05, 0) is 18.9 Å². The van der Waals surface area contributed by atoms with E-state index in [4.69, 9.17) is 15.7 Å². The zero-order valence-corrected chi connectivity index (χ0v) is 11.8. The highest BCUT2D eigenvalue weighted by Crippen LogP contribution is 2.39. The second kappa shape index (κ2) is 6.82. The molecular weight excluding hydrogens is 260 g/mol. The summed E-state index contributed by atoms with van der Waals surface area (Å²) in [7, 11) is 0. The van der Waals surface area contributed by atoms with Gasteiger partial charge in [-0.1, -0.05) is 35.5 Å².